The molecule has 0 aliphatic heterocycles. The van der Waals surface area contributed by atoms with Gasteiger partial charge in [0.15, 0.2) is 16.5 Å². The zero-order valence-electron chi connectivity index (χ0n) is 26.7. The average Bonchev–Trinajstić information content (AvgIpc) is 3.47. The van der Waals surface area contributed by atoms with E-state index in [2.05, 4.69) is 10.3 Å². The van der Waals surface area contributed by atoms with E-state index in [1.807, 2.05) is 61.6 Å². The van der Waals surface area contributed by atoms with E-state index in [0.717, 1.165) is 16.8 Å². The number of aromatic nitrogens is 1. The van der Waals surface area contributed by atoms with Gasteiger partial charge < -0.3 is 36.4 Å². The first-order chi connectivity index (χ1) is 22.2. The molecule has 6 rings (SSSR count). The van der Waals surface area contributed by atoms with E-state index < -0.39 is 58.0 Å². The number of rotatable bonds is 7. The van der Waals surface area contributed by atoms with Crippen molar-refractivity contribution in [2.45, 2.75) is 38.0 Å². The molecule has 1 unspecified atom stereocenters. The van der Waals surface area contributed by atoms with Crippen LogP contribution < -0.4 is 16.0 Å². The fourth-order valence-electron chi connectivity index (χ4n) is 7.26. The van der Waals surface area contributed by atoms with Crippen LogP contribution in [-0.4, -0.2) is 87.6 Å². The number of nitrogens with one attached hydrogen (secondary N) is 1. The van der Waals surface area contributed by atoms with Gasteiger partial charge in [-0.05, 0) is 51.4 Å². The second-order valence-electron chi connectivity index (χ2n) is 12.9. The number of anilines is 2. The Hall–Kier alpha value is -4.72. The number of fused-ring (bicyclic) bond motifs is 3. The highest BCUT2D eigenvalue weighted by molar-refractivity contribution is 7.14. The number of primary amides is 1. The van der Waals surface area contributed by atoms with Gasteiger partial charge >= 0.3 is 0 Å². The van der Waals surface area contributed by atoms with Crippen LogP contribution in [0.5, 0.6) is 5.75 Å². The summed E-state index contributed by atoms with van der Waals surface area (Å²) in [7, 11) is 6.80. The van der Waals surface area contributed by atoms with Gasteiger partial charge in [-0.3, -0.25) is 19.3 Å². The molecule has 1 saturated carbocycles. The highest BCUT2D eigenvalue weighted by atomic mass is 32.1. The Bertz CT molecular complexity index is 1890. The van der Waals surface area contributed by atoms with Crippen molar-refractivity contribution in [2.24, 2.45) is 17.6 Å². The number of aryl methyl sites for hydroxylation is 1. The van der Waals surface area contributed by atoms with Crippen molar-refractivity contribution in [1.29, 1.82) is 0 Å². The number of nitrogens with two attached hydrogens (primary N) is 1. The first kappa shape index (κ1) is 32.2. The number of ketones is 2. The van der Waals surface area contributed by atoms with Gasteiger partial charge in [-0.1, -0.05) is 29.8 Å². The molecular formula is C34H37N5O7S. The van der Waals surface area contributed by atoms with Gasteiger partial charge in [-0.2, -0.15) is 0 Å². The van der Waals surface area contributed by atoms with Gasteiger partial charge in [-0.25, -0.2) is 4.98 Å². The number of carbonyl (C=O) groups is 3. The Morgan fingerprint density at radius 2 is 1.81 bits per heavy atom. The van der Waals surface area contributed by atoms with Gasteiger partial charge in [-0.15, -0.1) is 11.3 Å². The van der Waals surface area contributed by atoms with Crippen molar-refractivity contribution in [2.75, 3.05) is 38.4 Å². The average molecular weight is 660 g/mol. The molecule has 1 aromatic heterocycles. The van der Waals surface area contributed by atoms with Gasteiger partial charge in [0.25, 0.3) is 5.91 Å². The van der Waals surface area contributed by atoms with Crippen LogP contribution in [0.3, 0.4) is 0 Å². The number of phenols is 1. The molecule has 3 aliphatic carbocycles. The zero-order valence-corrected chi connectivity index (χ0v) is 27.5. The Balaban J connectivity index is 1.41. The molecule has 13 heteroatoms. The second-order valence-corrected chi connectivity index (χ2v) is 13.7. The van der Waals surface area contributed by atoms with Crippen molar-refractivity contribution in [3.8, 4) is 17.0 Å². The summed E-state index contributed by atoms with van der Waals surface area (Å²) in [5.41, 5.74) is 6.39. The molecule has 47 heavy (non-hydrogen) atoms. The molecule has 3 aromatic rings. The molecule has 0 saturated heterocycles. The summed E-state index contributed by atoms with van der Waals surface area (Å²) in [6, 6.07) is 8.70. The lowest BCUT2D eigenvalue weighted by molar-refractivity contribution is -0.153. The number of thiazole rings is 1. The monoisotopic (exact) mass is 659 g/mol. The van der Waals surface area contributed by atoms with Gasteiger partial charge in [0.05, 0.1) is 17.3 Å². The van der Waals surface area contributed by atoms with Crippen LogP contribution in [0.1, 0.15) is 28.7 Å². The topological polar surface area (TPSA) is 190 Å². The highest BCUT2D eigenvalue weighted by Crippen LogP contribution is 2.54. The standard InChI is InChI=1S/C34H37N5O7S/c1-15-6-8-16(9-7-15)21-14-47-33(37-21)36-13-18-12-22(38(2)3)19-10-17-11-20-26(39(4)5)29(42)25(32(35)45)31(44)34(20,46)30(43)23(17)28(41)24(19)27(18)40/h6-9,12,14,17,20,26,40-41,44,46H,10-11,13H2,1-5H3,(H2,35,45)(H,36,37)/t17-,20-,26?,34-/m0/s1. The summed E-state index contributed by atoms with van der Waals surface area (Å²) in [6.07, 6.45) is 0.228. The molecule has 3 aliphatic rings. The number of Topliss-reactive ketones (excluding diaryl/α,β-unsaturated/α-hetero) is 2. The van der Waals surface area contributed by atoms with Crippen LogP contribution in [0.15, 0.2) is 52.6 Å². The normalized spacial score (nSPS) is 23.9. The first-order valence-electron chi connectivity index (χ1n) is 15.1. The Morgan fingerprint density at radius 1 is 1.13 bits per heavy atom. The second kappa shape index (κ2) is 11.5. The summed E-state index contributed by atoms with van der Waals surface area (Å²) >= 11 is 1.41. The van der Waals surface area contributed by atoms with Crippen LogP contribution in [0.2, 0.25) is 0 Å². The summed E-state index contributed by atoms with van der Waals surface area (Å²) in [5.74, 6) is -6.78. The van der Waals surface area contributed by atoms with Crippen molar-refractivity contribution < 1.29 is 34.8 Å². The smallest absolute Gasteiger partial charge is 0.255 e. The fraction of sp³-hybridized carbons (Fsp3) is 0.353. The number of aliphatic hydroxyl groups excluding tert-OH is 2. The molecule has 2 aromatic carbocycles. The first-order valence-corrected chi connectivity index (χ1v) is 16.0. The minimum absolute atomic E-state index is 0.0239. The van der Waals surface area contributed by atoms with E-state index in [1.54, 1.807) is 14.1 Å². The number of benzene rings is 2. The molecule has 1 heterocycles. The summed E-state index contributed by atoms with van der Waals surface area (Å²) < 4.78 is 0. The molecule has 0 spiro atoms. The lowest BCUT2D eigenvalue weighted by atomic mass is 9.57. The number of aliphatic hydroxyl groups is 3. The lowest BCUT2D eigenvalue weighted by Crippen LogP contribution is -2.65. The Morgan fingerprint density at radius 3 is 2.43 bits per heavy atom. The number of nitrogens with zero attached hydrogens (tertiary/aromatic N) is 3. The van der Waals surface area contributed by atoms with Crippen molar-refractivity contribution >= 4 is 45.4 Å². The van der Waals surface area contributed by atoms with E-state index in [0.29, 0.717) is 21.9 Å². The predicted octanol–water partition coefficient (Wildman–Crippen LogP) is 3.07. The third-order valence-electron chi connectivity index (χ3n) is 9.54. The van der Waals surface area contributed by atoms with Crippen molar-refractivity contribution in [3.05, 3.63) is 74.9 Å². The lowest BCUT2D eigenvalue weighted by Gasteiger charge is -2.50. The van der Waals surface area contributed by atoms with Gasteiger partial charge in [0.2, 0.25) is 5.78 Å². The predicted molar refractivity (Wildman–Crippen MR) is 178 cm³/mol. The van der Waals surface area contributed by atoms with Crippen LogP contribution in [0.4, 0.5) is 10.8 Å². The van der Waals surface area contributed by atoms with Crippen molar-refractivity contribution in [1.82, 2.24) is 9.88 Å². The van der Waals surface area contributed by atoms with E-state index in [4.69, 9.17) is 5.73 Å². The molecule has 12 nitrogen and oxygen atoms in total. The third kappa shape index (κ3) is 4.96. The summed E-state index contributed by atoms with van der Waals surface area (Å²) in [5, 5.41) is 52.1. The van der Waals surface area contributed by atoms with Crippen LogP contribution in [0, 0.1) is 18.8 Å². The number of hydrogen-bond donors (Lipinski definition) is 6. The molecule has 1 amide bonds. The van der Waals surface area contributed by atoms with Crippen molar-refractivity contribution in [3.63, 3.8) is 0 Å². The number of phenolic OH excluding ortho intramolecular Hbond substituents is 1. The quantitative estimate of drug-likeness (QED) is 0.205. The van der Waals surface area contributed by atoms with E-state index in [1.165, 1.54) is 16.2 Å². The summed E-state index contributed by atoms with van der Waals surface area (Å²) in [6.45, 7) is 2.16. The maximum Gasteiger partial charge on any atom is 0.255 e. The Kier molecular flexibility index (Phi) is 7.89. The van der Waals surface area contributed by atoms with Crippen LogP contribution in [0.25, 0.3) is 17.0 Å². The number of carbonyl (C=O) groups excluding carboxylic acids is 3. The summed E-state index contributed by atoms with van der Waals surface area (Å²) in [4.78, 5) is 47.8. The number of amides is 1. The van der Waals surface area contributed by atoms with Crippen LogP contribution >= 0.6 is 11.3 Å². The van der Waals surface area contributed by atoms with E-state index in [9.17, 15) is 34.8 Å². The molecule has 0 radical (unpaired) electrons. The minimum Gasteiger partial charge on any atom is -0.508 e. The van der Waals surface area contributed by atoms with E-state index >= 15 is 0 Å². The largest absolute Gasteiger partial charge is 0.508 e. The molecule has 1 fully saturated rings. The minimum atomic E-state index is -2.69. The molecule has 4 atom stereocenters. The number of hydrogen-bond acceptors (Lipinski definition) is 12. The molecule has 7 N–H and O–H groups in total. The SMILES string of the molecule is Cc1ccc(-c2csc(NCc3cc(N(C)C)c4c(c3O)C(O)=C3C(=O)[C@]5(O)C(O)=C(C(N)=O)C(=O)C(N(C)C)[C@@H]5C[C@@H]3C4)n2)cc1. The molecular weight excluding hydrogens is 622 g/mol. The van der Waals surface area contributed by atoms with Crippen LogP contribution in [-0.2, 0) is 27.3 Å². The van der Waals surface area contributed by atoms with Gasteiger partial charge in [0.1, 0.15) is 22.8 Å². The molecule has 0 bridgehead atoms. The maximum atomic E-state index is 14.2. The number of aromatic hydroxyl groups is 1. The van der Waals surface area contributed by atoms with E-state index in [-0.39, 0.29) is 36.3 Å². The Labute approximate surface area is 275 Å². The molecule has 246 valence electrons. The third-order valence-corrected chi connectivity index (χ3v) is 10.3. The van der Waals surface area contributed by atoms with Gasteiger partial charge in [0, 0.05) is 54.3 Å². The zero-order chi connectivity index (χ0) is 34.1. The number of likely N-dealkylation sites (N-methyl/N-ethyl adjacent to an activating group) is 1. The maximum absolute atomic E-state index is 14.2. The fourth-order valence-corrected chi connectivity index (χ4v) is 7.98. The highest BCUT2D eigenvalue weighted by Gasteiger charge is 2.64.